The van der Waals surface area contributed by atoms with Crippen molar-refractivity contribution in [3.05, 3.63) is 82.9 Å². The van der Waals surface area contributed by atoms with Crippen molar-refractivity contribution in [2.75, 3.05) is 0 Å². The largest absolute Gasteiger partial charge is 0.478 e. The minimum Gasteiger partial charge on any atom is -0.478 e. The van der Waals surface area contributed by atoms with E-state index >= 15 is 4.39 Å². The maximum Gasteiger partial charge on any atom is 0.338 e. The van der Waals surface area contributed by atoms with Crippen LogP contribution in [0, 0.1) is 35.1 Å². The predicted octanol–water partition coefficient (Wildman–Crippen LogP) is 8.03. The van der Waals surface area contributed by atoms with E-state index in [2.05, 4.69) is 6.92 Å². The summed E-state index contributed by atoms with van der Waals surface area (Å²) in [4.78, 5) is 11.5. The van der Waals surface area contributed by atoms with Crippen molar-refractivity contribution in [1.29, 1.82) is 0 Å². The van der Waals surface area contributed by atoms with E-state index < -0.39 is 34.8 Å². The van der Waals surface area contributed by atoms with Crippen LogP contribution >= 0.6 is 0 Å². The lowest BCUT2D eigenvalue weighted by molar-refractivity contribution is 0.0692. The van der Waals surface area contributed by atoms with Gasteiger partial charge in [0.15, 0.2) is 17.5 Å². The molecule has 0 unspecified atom stereocenters. The van der Waals surface area contributed by atoms with Crippen LogP contribution in [0.3, 0.4) is 0 Å². The third-order valence-electron chi connectivity index (χ3n) is 6.89. The Morgan fingerprint density at radius 1 is 0.853 bits per heavy atom. The van der Waals surface area contributed by atoms with Crippen molar-refractivity contribution in [3.63, 3.8) is 0 Å². The lowest BCUT2D eigenvalue weighted by Crippen LogP contribution is -2.12. The fraction of sp³-hybridized carbons (Fsp3) is 0.321. The second-order valence-corrected chi connectivity index (χ2v) is 9.27. The summed E-state index contributed by atoms with van der Waals surface area (Å²) in [7, 11) is 0. The van der Waals surface area contributed by atoms with Crippen molar-refractivity contribution in [3.8, 4) is 22.3 Å². The molecule has 34 heavy (non-hydrogen) atoms. The van der Waals surface area contributed by atoms with E-state index in [-0.39, 0.29) is 16.7 Å². The van der Waals surface area contributed by atoms with Gasteiger partial charge in [-0.2, -0.15) is 0 Å². The standard InChI is InChI=1S/C28H26F4O2/c1-16-2-4-17(5-3-16)6-7-18-8-10-19(11-9-18)21-12-13-22(28(33)34)26(31)25(21)20-14-23(29)27(32)24(30)15-20/h8-17H,2-7H2,1H3,(H,33,34). The topological polar surface area (TPSA) is 37.3 Å². The summed E-state index contributed by atoms with van der Waals surface area (Å²) in [5, 5.41) is 9.32. The van der Waals surface area contributed by atoms with Gasteiger partial charge in [-0.3, -0.25) is 0 Å². The van der Waals surface area contributed by atoms with Gasteiger partial charge >= 0.3 is 5.97 Å². The highest BCUT2D eigenvalue weighted by Gasteiger charge is 2.23. The minimum absolute atomic E-state index is 0.265. The smallest absolute Gasteiger partial charge is 0.338 e. The highest BCUT2D eigenvalue weighted by molar-refractivity contribution is 5.94. The van der Waals surface area contributed by atoms with Crippen LogP contribution in [0.5, 0.6) is 0 Å². The third kappa shape index (κ3) is 5.01. The highest BCUT2D eigenvalue weighted by Crippen LogP contribution is 2.37. The molecule has 0 amide bonds. The monoisotopic (exact) mass is 470 g/mol. The Labute approximate surface area is 196 Å². The number of rotatable bonds is 6. The Morgan fingerprint density at radius 2 is 1.47 bits per heavy atom. The highest BCUT2D eigenvalue weighted by atomic mass is 19.2. The molecule has 0 heterocycles. The quantitative estimate of drug-likeness (QED) is 0.292. The van der Waals surface area contributed by atoms with Crippen molar-refractivity contribution < 1.29 is 27.5 Å². The number of aryl methyl sites for hydroxylation is 1. The molecule has 0 spiro atoms. The van der Waals surface area contributed by atoms with E-state index in [1.54, 1.807) is 12.1 Å². The molecule has 0 atom stereocenters. The van der Waals surface area contributed by atoms with Crippen LogP contribution in [0.4, 0.5) is 17.6 Å². The number of hydrogen-bond acceptors (Lipinski definition) is 1. The van der Waals surface area contributed by atoms with Gasteiger partial charge in [0, 0.05) is 5.56 Å². The van der Waals surface area contributed by atoms with E-state index in [0.29, 0.717) is 17.7 Å². The zero-order valence-electron chi connectivity index (χ0n) is 18.9. The van der Waals surface area contributed by atoms with E-state index in [1.807, 2.05) is 12.1 Å². The maximum atomic E-state index is 15.2. The fourth-order valence-electron chi connectivity index (χ4n) is 4.80. The summed E-state index contributed by atoms with van der Waals surface area (Å²) >= 11 is 0. The van der Waals surface area contributed by atoms with Gasteiger partial charge in [-0.05, 0) is 65.1 Å². The first kappa shape index (κ1) is 24.0. The average Bonchev–Trinajstić information content (AvgIpc) is 2.82. The Balaban J connectivity index is 1.66. The van der Waals surface area contributed by atoms with Gasteiger partial charge in [0.25, 0.3) is 0 Å². The Hall–Kier alpha value is -3.15. The second kappa shape index (κ2) is 10.00. The molecule has 3 aromatic rings. The zero-order chi connectivity index (χ0) is 24.4. The Kier molecular flexibility index (Phi) is 7.05. The number of benzene rings is 3. The van der Waals surface area contributed by atoms with Crippen molar-refractivity contribution in [2.45, 2.75) is 45.4 Å². The SMILES string of the molecule is CC1CCC(CCc2ccc(-c3ccc(C(=O)O)c(F)c3-c3cc(F)c(F)c(F)c3)cc2)CC1. The molecule has 1 N–H and O–H groups in total. The van der Waals surface area contributed by atoms with Gasteiger partial charge in [0.2, 0.25) is 0 Å². The normalized spacial score (nSPS) is 18.1. The first-order valence-electron chi connectivity index (χ1n) is 11.5. The average molecular weight is 471 g/mol. The fourth-order valence-corrected chi connectivity index (χ4v) is 4.80. The molecule has 0 radical (unpaired) electrons. The molecule has 2 nitrogen and oxygen atoms in total. The molecule has 0 aromatic heterocycles. The molecule has 3 aromatic carbocycles. The second-order valence-electron chi connectivity index (χ2n) is 9.27. The summed E-state index contributed by atoms with van der Waals surface area (Å²) in [5.41, 5.74) is 0.754. The number of halogens is 4. The van der Waals surface area contributed by atoms with Crippen molar-refractivity contribution in [2.24, 2.45) is 11.8 Å². The molecular formula is C28H26F4O2. The van der Waals surface area contributed by atoms with Gasteiger partial charge < -0.3 is 5.11 Å². The van der Waals surface area contributed by atoms with Gasteiger partial charge in [0.05, 0.1) is 5.56 Å². The van der Waals surface area contributed by atoms with Crippen molar-refractivity contribution >= 4 is 5.97 Å². The van der Waals surface area contributed by atoms with Gasteiger partial charge in [-0.25, -0.2) is 22.4 Å². The van der Waals surface area contributed by atoms with Crippen molar-refractivity contribution in [1.82, 2.24) is 0 Å². The first-order valence-corrected chi connectivity index (χ1v) is 11.5. The Bertz CT molecular complexity index is 1170. The van der Waals surface area contributed by atoms with Crippen LogP contribution < -0.4 is 0 Å². The molecule has 4 rings (SSSR count). The van der Waals surface area contributed by atoms with Gasteiger partial charge in [0.1, 0.15) is 5.82 Å². The molecule has 0 aliphatic heterocycles. The van der Waals surface area contributed by atoms with E-state index in [9.17, 15) is 23.1 Å². The zero-order valence-corrected chi connectivity index (χ0v) is 18.9. The van der Waals surface area contributed by atoms with E-state index in [0.717, 1.165) is 36.3 Å². The molecule has 0 bridgehead atoms. The molecule has 1 aliphatic carbocycles. The lowest BCUT2D eigenvalue weighted by Gasteiger charge is -2.26. The molecular weight excluding hydrogens is 444 g/mol. The number of carbonyl (C=O) groups is 1. The number of aromatic carboxylic acids is 1. The molecule has 1 fully saturated rings. The van der Waals surface area contributed by atoms with Crippen LogP contribution in [0.15, 0.2) is 48.5 Å². The summed E-state index contributed by atoms with van der Waals surface area (Å²) in [6.07, 6.45) is 7.08. The molecule has 6 heteroatoms. The summed E-state index contributed by atoms with van der Waals surface area (Å²) < 4.78 is 56.5. The minimum atomic E-state index is -1.67. The van der Waals surface area contributed by atoms with Crippen LogP contribution in [-0.2, 0) is 6.42 Å². The van der Waals surface area contributed by atoms with E-state index in [4.69, 9.17) is 0 Å². The lowest BCUT2D eigenvalue weighted by atomic mass is 9.80. The molecule has 1 aliphatic rings. The Morgan fingerprint density at radius 3 is 2.06 bits per heavy atom. The van der Waals surface area contributed by atoms with Gasteiger partial charge in [-0.1, -0.05) is 62.9 Å². The van der Waals surface area contributed by atoms with Crippen LogP contribution in [-0.4, -0.2) is 11.1 Å². The van der Waals surface area contributed by atoms with Crippen LogP contribution in [0.1, 0.15) is 54.9 Å². The maximum absolute atomic E-state index is 15.2. The van der Waals surface area contributed by atoms with Crippen LogP contribution in [0.25, 0.3) is 22.3 Å². The third-order valence-corrected chi connectivity index (χ3v) is 6.89. The summed E-state index contributed by atoms with van der Waals surface area (Å²) in [5.74, 6) is -5.74. The number of carboxylic acids is 1. The van der Waals surface area contributed by atoms with Crippen LogP contribution in [0.2, 0.25) is 0 Å². The predicted molar refractivity (Wildman–Crippen MR) is 124 cm³/mol. The summed E-state index contributed by atoms with van der Waals surface area (Å²) in [6.45, 7) is 2.30. The van der Waals surface area contributed by atoms with Gasteiger partial charge in [-0.15, -0.1) is 0 Å². The van der Waals surface area contributed by atoms with E-state index in [1.165, 1.54) is 31.7 Å². The first-order chi connectivity index (χ1) is 16.2. The number of hydrogen-bond donors (Lipinski definition) is 1. The number of carboxylic acid groups (broad SMARTS) is 1. The summed E-state index contributed by atoms with van der Waals surface area (Å²) in [6, 6.07) is 11.3. The molecule has 178 valence electrons. The molecule has 0 saturated heterocycles. The molecule has 1 saturated carbocycles.